The highest BCUT2D eigenvalue weighted by atomic mass is 16.7. The van der Waals surface area contributed by atoms with Gasteiger partial charge in [0.25, 0.3) is 0 Å². The van der Waals surface area contributed by atoms with Gasteiger partial charge in [0.2, 0.25) is 12.5 Å². The SMILES string of the molecule is COc1cc(C2NC(=O)N=C2N)cc2c1OCO2. The first-order chi connectivity index (χ1) is 8.69. The van der Waals surface area contributed by atoms with Crippen molar-refractivity contribution in [2.24, 2.45) is 10.7 Å². The Morgan fingerprint density at radius 3 is 3.00 bits per heavy atom. The molecule has 0 saturated heterocycles. The van der Waals surface area contributed by atoms with E-state index < -0.39 is 12.1 Å². The number of methoxy groups -OCH3 is 1. The molecule has 1 aromatic carbocycles. The number of aliphatic imine (C=N–C) groups is 1. The Labute approximate surface area is 103 Å². The molecule has 18 heavy (non-hydrogen) atoms. The van der Waals surface area contributed by atoms with Crippen LogP contribution in [0.3, 0.4) is 0 Å². The van der Waals surface area contributed by atoms with Gasteiger partial charge in [0.05, 0.1) is 7.11 Å². The average Bonchev–Trinajstić information content (AvgIpc) is 2.93. The highest BCUT2D eigenvalue weighted by Crippen LogP contribution is 2.43. The average molecular weight is 249 g/mol. The van der Waals surface area contributed by atoms with Crippen LogP contribution in [0.4, 0.5) is 4.79 Å². The summed E-state index contributed by atoms with van der Waals surface area (Å²) in [6.45, 7) is 0.149. The van der Waals surface area contributed by atoms with Crippen LogP contribution in [0.5, 0.6) is 17.2 Å². The summed E-state index contributed by atoms with van der Waals surface area (Å²) in [5.41, 5.74) is 6.43. The van der Waals surface area contributed by atoms with Crippen LogP contribution in [0.15, 0.2) is 17.1 Å². The second-order valence-electron chi connectivity index (χ2n) is 3.88. The lowest BCUT2D eigenvalue weighted by Gasteiger charge is -2.13. The van der Waals surface area contributed by atoms with Gasteiger partial charge < -0.3 is 25.3 Å². The second-order valence-corrected chi connectivity index (χ2v) is 3.88. The second kappa shape index (κ2) is 3.80. The third-order valence-corrected chi connectivity index (χ3v) is 2.81. The molecule has 0 aliphatic carbocycles. The maximum absolute atomic E-state index is 11.2. The van der Waals surface area contributed by atoms with Crippen molar-refractivity contribution in [3.8, 4) is 17.2 Å². The van der Waals surface area contributed by atoms with E-state index in [9.17, 15) is 4.79 Å². The van der Waals surface area contributed by atoms with Gasteiger partial charge in [-0.05, 0) is 17.7 Å². The number of amides is 2. The molecule has 0 saturated carbocycles. The number of fused-ring (bicyclic) bond motifs is 1. The molecular formula is C11H11N3O4. The number of urea groups is 1. The first kappa shape index (κ1) is 10.7. The summed E-state index contributed by atoms with van der Waals surface area (Å²) < 4.78 is 15.8. The summed E-state index contributed by atoms with van der Waals surface area (Å²) in [6, 6.07) is 2.59. The summed E-state index contributed by atoms with van der Waals surface area (Å²) in [5.74, 6) is 1.88. The molecule has 1 unspecified atom stereocenters. The van der Waals surface area contributed by atoms with Crippen LogP contribution in [0, 0.1) is 0 Å². The molecule has 2 aliphatic rings. The number of rotatable bonds is 2. The molecule has 1 aromatic rings. The Hall–Kier alpha value is -2.44. The third kappa shape index (κ3) is 1.52. The lowest BCUT2D eigenvalue weighted by molar-refractivity contribution is 0.171. The minimum atomic E-state index is -0.458. The van der Waals surface area contributed by atoms with Crippen LogP contribution in [-0.2, 0) is 0 Å². The quantitative estimate of drug-likeness (QED) is 0.797. The van der Waals surface area contributed by atoms with Crippen LogP contribution in [0.1, 0.15) is 11.6 Å². The monoisotopic (exact) mass is 249 g/mol. The van der Waals surface area contributed by atoms with Gasteiger partial charge in [-0.3, -0.25) is 0 Å². The predicted molar refractivity (Wildman–Crippen MR) is 62.0 cm³/mol. The van der Waals surface area contributed by atoms with Crippen LogP contribution in [-0.4, -0.2) is 25.8 Å². The van der Waals surface area contributed by atoms with Gasteiger partial charge in [0.1, 0.15) is 11.9 Å². The standard InChI is InChI=1S/C11H11N3O4/c1-16-6-2-5(3-7-9(6)18-4-17-7)8-10(12)14-11(15)13-8/h2-3,8H,4H2,1H3,(H3,12,13,14,15). The highest BCUT2D eigenvalue weighted by molar-refractivity contribution is 6.03. The van der Waals surface area contributed by atoms with E-state index in [2.05, 4.69) is 10.3 Å². The number of carbonyl (C=O) groups is 1. The number of ether oxygens (including phenoxy) is 3. The molecule has 7 nitrogen and oxygen atoms in total. The van der Waals surface area contributed by atoms with E-state index in [4.69, 9.17) is 19.9 Å². The van der Waals surface area contributed by atoms with Gasteiger partial charge >= 0.3 is 6.03 Å². The van der Waals surface area contributed by atoms with E-state index in [-0.39, 0.29) is 12.6 Å². The van der Waals surface area contributed by atoms with Gasteiger partial charge in [-0.2, -0.15) is 4.99 Å². The van der Waals surface area contributed by atoms with E-state index in [1.54, 1.807) is 12.1 Å². The summed E-state index contributed by atoms with van der Waals surface area (Å²) in [6.07, 6.45) is 0. The van der Waals surface area contributed by atoms with Crippen molar-refractivity contribution in [3.05, 3.63) is 17.7 Å². The fraction of sp³-hybridized carbons (Fsp3) is 0.273. The molecule has 0 aromatic heterocycles. The zero-order chi connectivity index (χ0) is 12.7. The number of carbonyl (C=O) groups excluding carboxylic acids is 1. The lowest BCUT2D eigenvalue weighted by Crippen LogP contribution is -2.27. The summed E-state index contributed by atoms with van der Waals surface area (Å²) in [4.78, 5) is 14.8. The van der Waals surface area contributed by atoms with Crippen LogP contribution in [0.2, 0.25) is 0 Å². The fourth-order valence-corrected chi connectivity index (χ4v) is 1.98. The minimum Gasteiger partial charge on any atom is -0.493 e. The summed E-state index contributed by atoms with van der Waals surface area (Å²) in [5, 5.41) is 2.64. The Kier molecular flexibility index (Phi) is 2.26. The van der Waals surface area contributed by atoms with Crippen molar-refractivity contribution < 1.29 is 19.0 Å². The van der Waals surface area contributed by atoms with Crippen molar-refractivity contribution in [2.75, 3.05) is 13.9 Å². The zero-order valence-corrected chi connectivity index (χ0v) is 9.60. The summed E-state index contributed by atoms with van der Waals surface area (Å²) >= 11 is 0. The van der Waals surface area contributed by atoms with Gasteiger partial charge in [-0.1, -0.05) is 0 Å². The first-order valence-corrected chi connectivity index (χ1v) is 5.31. The summed E-state index contributed by atoms with van der Waals surface area (Å²) in [7, 11) is 1.53. The molecule has 3 rings (SSSR count). The van der Waals surface area contributed by atoms with Crippen molar-refractivity contribution in [2.45, 2.75) is 6.04 Å². The molecule has 3 N–H and O–H groups in total. The highest BCUT2D eigenvalue weighted by Gasteiger charge is 2.29. The molecule has 94 valence electrons. The molecule has 7 heteroatoms. The predicted octanol–water partition coefficient (Wildman–Crippen LogP) is 0.545. The first-order valence-electron chi connectivity index (χ1n) is 5.31. The molecule has 0 spiro atoms. The maximum atomic E-state index is 11.2. The van der Waals surface area contributed by atoms with Crippen LogP contribution >= 0.6 is 0 Å². The van der Waals surface area contributed by atoms with E-state index in [0.717, 1.165) is 5.56 Å². The number of nitrogens with zero attached hydrogens (tertiary/aromatic N) is 1. The third-order valence-electron chi connectivity index (χ3n) is 2.81. The van der Waals surface area contributed by atoms with Crippen molar-refractivity contribution in [3.63, 3.8) is 0 Å². The molecule has 0 radical (unpaired) electrons. The number of benzene rings is 1. The maximum Gasteiger partial charge on any atom is 0.343 e. The van der Waals surface area contributed by atoms with Gasteiger partial charge in [0.15, 0.2) is 11.5 Å². The molecule has 0 fully saturated rings. The van der Waals surface area contributed by atoms with E-state index in [1.165, 1.54) is 7.11 Å². The smallest absolute Gasteiger partial charge is 0.343 e. The van der Waals surface area contributed by atoms with Gasteiger partial charge in [-0.25, -0.2) is 4.79 Å². The fourth-order valence-electron chi connectivity index (χ4n) is 1.98. The lowest BCUT2D eigenvalue weighted by atomic mass is 10.1. The largest absolute Gasteiger partial charge is 0.493 e. The molecule has 0 bridgehead atoms. The molecule has 2 aliphatic heterocycles. The molecule has 2 heterocycles. The van der Waals surface area contributed by atoms with E-state index in [0.29, 0.717) is 17.2 Å². The topological polar surface area (TPSA) is 95.2 Å². The van der Waals surface area contributed by atoms with Crippen molar-refractivity contribution >= 4 is 11.9 Å². The number of nitrogens with two attached hydrogens (primary N) is 1. The van der Waals surface area contributed by atoms with Gasteiger partial charge in [-0.15, -0.1) is 0 Å². The van der Waals surface area contributed by atoms with E-state index in [1.807, 2.05) is 0 Å². The van der Waals surface area contributed by atoms with E-state index >= 15 is 0 Å². The normalized spacial score (nSPS) is 20.6. The Bertz CT molecular complexity index is 555. The number of nitrogens with one attached hydrogen (secondary N) is 1. The van der Waals surface area contributed by atoms with Crippen molar-refractivity contribution in [1.82, 2.24) is 5.32 Å². The van der Waals surface area contributed by atoms with Crippen LogP contribution in [0.25, 0.3) is 0 Å². The van der Waals surface area contributed by atoms with Crippen molar-refractivity contribution in [1.29, 1.82) is 0 Å². The Morgan fingerprint density at radius 2 is 2.33 bits per heavy atom. The minimum absolute atomic E-state index is 0.149. The van der Waals surface area contributed by atoms with Gasteiger partial charge in [0, 0.05) is 0 Å². The number of hydrogen-bond donors (Lipinski definition) is 2. The zero-order valence-electron chi connectivity index (χ0n) is 9.60. The Morgan fingerprint density at radius 1 is 1.50 bits per heavy atom. The molecular weight excluding hydrogens is 238 g/mol. The number of amidine groups is 1. The molecule has 1 atom stereocenters. The number of hydrogen-bond acceptors (Lipinski definition) is 5. The Balaban J connectivity index is 2.04. The molecule has 2 amide bonds. The van der Waals surface area contributed by atoms with Crippen LogP contribution < -0.4 is 25.3 Å².